The zero-order chi connectivity index (χ0) is 15.2. The zero-order valence-corrected chi connectivity index (χ0v) is 12.4. The van der Waals surface area contributed by atoms with E-state index in [2.05, 4.69) is 28.2 Å². The summed E-state index contributed by atoms with van der Waals surface area (Å²) in [5.41, 5.74) is 1.91. The first-order valence-corrected chi connectivity index (χ1v) is 7.20. The van der Waals surface area contributed by atoms with Gasteiger partial charge in [-0.15, -0.1) is 0 Å². The molecule has 1 aliphatic heterocycles. The number of nitrogens with one attached hydrogen (secondary N) is 4. The van der Waals surface area contributed by atoms with Gasteiger partial charge in [-0.25, -0.2) is 4.79 Å². The molecule has 0 aromatic heterocycles. The molecule has 0 radical (unpaired) electrons. The van der Waals surface area contributed by atoms with Crippen LogP contribution in [0, 0.1) is 0 Å². The first-order valence-electron chi connectivity index (χ1n) is 7.20. The summed E-state index contributed by atoms with van der Waals surface area (Å²) in [5.74, 6) is 0.0442. The summed E-state index contributed by atoms with van der Waals surface area (Å²) in [5, 5.41) is 11.6. The summed E-state index contributed by atoms with van der Waals surface area (Å²) < 4.78 is 0. The van der Waals surface area contributed by atoms with Gasteiger partial charge in [0.2, 0.25) is 5.91 Å². The van der Waals surface area contributed by atoms with Crippen molar-refractivity contribution < 1.29 is 9.59 Å². The molecule has 6 nitrogen and oxygen atoms in total. The average Bonchev–Trinajstić information content (AvgIpc) is 2.49. The van der Waals surface area contributed by atoms with Gasteiger partial charge < -0.3 is 21.3 Å². The molecular weight excluding hydrogens is 268 g/mol. The second kappa shape index (κ2) is 7.08. The van der Waals surface area contributed by atoms with Crippen molar-refractivity contribution in [2.75, 3.05) is 18.9 Å². The van der Waals surface area contributed by atoms with Gasteiger partial charge in [-0.1, -0.05) is 12.1 Å². The molecule has 2 atom stereocenters. The van der Waals surface area contributed by atoms with Gasteiger partial charge in [0.1, 0.15) is 0 Å². The van der Waals surface area contributed by atoms with Crippen LogP contribution in [0.4, 0.5) is 10.5 Å². The van der Waals surface area contributed by atoms with Crippen molar-refractivity contribution in [3.8, 4) is 0 Å². The molecule has 1 heterocycles. The minimum atomic E-state index is -0.245. The van der Waals surface area contributed by atoms with Crippen LogP contribution in [-0.2, 0) is 4.79 Å². The number of piperidine rings is 1. The highest BCUT2D eigenvalue weighted by Gasteiger charge is 2.19. The molecule has 114 valence electrons. The molecular formula is C15H22N4O2. The molecule has 0 bridgehead atoms. The molecule has 1 saturated heterocycles. The number of carbonyl (C=O) groups is 2. The molecule has 3 amide bonds. The van der Waals surface area contributed by atoms with E-state index in [1.165, 1.54) is 5.56 Å². The molecule has 6 heteroatoms. The Labute approximate surface area is 124 Å². The van der Waals surface area contributed by atoms with Gasteiger partial charge in [0.05, 0.1) is 0 Å². The van der Waals surface area contributed by atoms with Gasteiger partial charge in [0.25, 0.3) is 0 Å². The molecule has 1 fully saturated rings. The standard InChI is InChI=1S/C15H22N4O2/c1-10(16-2)11-3-5-12(6-4-11)18-15(21)19-13-7-8-14(20)17-9-13/h3-6,10,13,16H,7-9H2,1-2H3,(H,17,20)(H2,18,19,21). The lowest BCUT2D eigenvalue weighted by atomic mass is 10.1. The fourth-order valence-electron chi connectivity index (χ4n) is 2.23. The molecule has 21 heavy (non-hydrogen) atoms. The summed E-state index contributed by atoms with van der Waals surface area (Å²) in [6.45, 7) is 2.57. The van der Waals surface area contributed by atoms with E-state index in [4.69, 9.17) is 0 Å². The van der Waals surface area contributed by atoms with E-state index >= 15 is 0 Å². The topological polar surface area (TPSA) is 82.3 Å². The SMILES string of the molecule is CNC(C)c1ccc(NC(=O)NC2CCC(=O)NC2)cc1. The number of rotatable bonds is 4. The van der Waals surface area contributed by atoms with E-state index in [1.807, 2.05) is 31.3 Å². The molecule has 1 aromatic rings. The maximum absolute atomic E-state index is 11.9. The quantitative estimate of drug-likeness (QED) is 0.676. The monoisotopic (exact) mass is 290 g/mol. The van der Waals surface area contributed by atoms with Gasteiger partial charge in [-0.2, -0.15) is 0 Å². The number of urea groups is 1. The molecule has 0 spiro atoms. The van der Waals surface area contributed by atoms with Crippen molar-refractivity contribution >= 4 is 17.6 Å². The summed E-state index contributed by atoms with van der Waals surface area (Å²) >= 11 is 0. The molecule has 4 N–H and O–H groups in total. The maximum Gasteiger partial charge on any atom is 0.319 e. The normalized spacial score (nSPS) is 19.5. The van der Waals surface area contributed by atoms with Crippen molar-refractivity contribution in [2.45, 2.75) is 31.8 Å². The molecule has 2 unspecified atom stereocenters. The molecule has 0 saturated carbocycles. The van der Waals surface area contributed by atoms with Gasteiger partial charge in [0, 0.05) is 30.7 Å². The maximum atomic E-state index is 11.9. The second-order valence-corrected chi connectivity index (χ2v) is 5.27. The predicted octanol–water partition coefficient (Wildman–Crippen LogP) is 1.37. The largest absolute Gasteiger partial charge is 0.354 e. The van der Waals surface area contributed by atoms with E-state index in [9.17, 15) is 9.59 Å². The van der Waals surface area contributed by atoms with E-state index < -0.39 is 0 Å². The number of hydrogen-bond acceptors (Lipinski definition) is 3. The summed E-state index contributed by atoms with van der Waals surface area (Å²) in [6, 6.07) is 7.75. The van der Waals surface area contributed by atoms with Gasteiger partial charge in [-0.3, -0.25) is 4.79 Å². The second-order valence-electron chi connectivity index (χ2n) is 5.27. The Balaban J connectivity index is 1.83. The van der Waals surface area contributed by atoms with E-state index in [0.29, 0.717) is 19.4 Å². The third-order valence-electron chi connectivity index (χ3n) is 3.70. The van der Waals surface area contributed by atoms with Crippen LogP contribution in [0.2, 0.25) is 0 Å². The Morgan fingerprint density at radius 2 is 2.05 bits per heavy atom. The molecule has 2 rings (SSSR count). The van der Waals surface area contributed by atoms with Gasteiger partial charge >= 0.3 is 6.03 Å². The van der Waals surface area contributed by atoms with Crippen LogP contribution in [-0.4, -0.2) is 31.6 Å². The average molecular weight is 290 g/mol. The van der Waals surface area contributed by atoms with E-state index in [1.54, 1.807) is 0 Å². The Kier molecular flexibility index (Phi) is 5.16. The Hall–Kier alpha value is -2.08. The number of hydrogen-bond donors (Lipinski definition) is 4. The van der Waals surface area contributed by atoms with Crippen molar-refractivity contribution in [3.05, 3.63) is 29.8 Å². The molecule has 0 aliphatic carbocycles. The first kappa shape index (κ1) is 15.3. The van der Waals surface area contributed by atoms with Crippen LogP contribution in [0.25, 0.3) is 0 Å². The number of amides is 3. The van der Waals surface area contributed by atoms with Crippen LogP contribution < -0.4 is 21.3 Å². The van der Waals surface area contributed by atoms with Crippen LogP contribution in [0.3, 0.4) is 0 Å². The Bertz CT molecular complexity index is 491. The highest BCUT2D eigenvalue weighted by atomic mass is 16.2. The number of anilines is 1. The van der Waals surface area contributed by atoms with Gasteiger partial charge in [0.15, 0.2) is 0 Å². The minimum absolute atomic E-state index is 0.00807. The van der Waals surface area contributed by atoms with Gasteiger partial charge in [-0.05, 0) is 38.1 Å². The zero-order valence-electron chi connectivity index (χ0n) is 12.4. The third kappa shape index (κ3) is 4.46. The van der Waals surface area contributed by atoms with Crippen molar-refractivity contribution in [1.82, 2.24) is 16.0 Å². The van der Waals surface area contributed by atoms with E-state index in [-0.39, 0.29) is 24.0 Å². The fourth-order valence-corrected chi connectivity index (χ4v) is 2.23. The number of benzene rings is 1. The Morgan fingerprint density at radius 3 is 2.62 bits per heavy atom. The third-order valence-corrected chi connectivity index (χ3v) is 3.70. The lowest BCUT2D eigenvalue weighted by Crippen LogP contribution is -2.48. The predicted molar refractivity (Wildman–Crippen MR) is 82.1 cm³/mol. The summed E-state index contributed by atoms with van der Waals surface area (Å²) in [6.07, 6.45) is 1.14. The van der Waals surface area contributed by atoms with Crippen LogP contribution in [0.5, 0.6) is 0 Å². The summed E-state index contributed by atoms with van der Waals surface area (Å²) in [4.78, 5) is 22.9. The lowest BCUT2D eigenvalue weighted by Gasteiger charge is -2.23. The van der Waals surface area contributed by atoms with Crippen LogP contribution in [0.1, 0.15) is 31.4 Å². The first-order chi connectivity index (χ1) is 10.1. The fraction of sp³-hybridized carbons (Fsp3) is 0.467. The number of carbonyl (C=O) groups excluding carboxylic acids is 2. The Morgan fingerprint density at radius 1 is 1.33 bits per heavy atom. The van der Waals surface area contributed by atoms with Crippen LogP contribution in [0.15, 0.2) is 24.3 Å². The summed E-state index contributed by atoms with van der Waals surface area (Å²) in [7, 11) is 1.91. The smallest absolute Gasteiger partial charge is 0.319 e. The minimum Gasteiger partial charge on any atom is -0.354 e. The molecule has 1 aromatic carbocycles. The highest BCUT2D eigenvalue weighted by molar-refractivity contribution is 5.89. The lowest BCUT2D eigenvalue weighted by molar-refractivity contribution is -0.122. The van der Waals surface area contributed by atoms with Crippen LogP contribution >= 0.6 is 0 Å². The van der Waals surface area contributed by atoms with Crippen molar-refractivity contribution in [3.63, 3.8) is 0 Å². The molecule has 1 aliphatic rings. The van der Waals surface area contributed by atoms with Crippen molar-refractivity contribution in [2.24, 2.45) is 0 Å². The van der Waals surface area contributed by atoms with Crippen molar-refractivity contribution in [1.29, 1.82) is 0 Å². The van der Waals surface area contributed by atoms with E-state index in [0.717, 1.165) is 5.69 Å². The highest BCUT2D eigenvalue weighted by Crippen LogP contribution is 2.15.